The molecule has 8 heteroatoms. The zero-order chi connectivity index (χ0) is 19.9. The highest BCUT2D eigenvalue weighted by Crippen LogP contribution is 2.41. The van der Waals surface area contributed by atoms with E-state index in [0.717, 1.165) is 4.57 Å². The van der Waals surface area contributed by atoms with E-state index >= 15 is 0 Å². The third-order valence-electron chi connectivity index (χ3n) is 4.81. The normalized spacial score (nSPS) is 18.6. The van der Waals surface area contributed by atoms with Crippen LogP contribution in [0.2, 0.25) is 0 Å². The molecule has 0 saturated heterocycles. The first kappa shape index (κ1) is 18.6. The summed E-state index contributed by atoms with van der Waals surface area (Å²) in [5, 5.41) is 9.92. The minimum absolute atomic E-state index is 0.0125. The van der Waals surface area contributed by atoms with Gasteiger partial charge in [-0.1, -0.05) is 12.1 Å². The molecule has 1 aromatic heterocycles. The van der Waals surface area contributed by atoms with Crippen molar-refractivity contribution in [1.29, 1.82) is 0 Å². The zero-order valence-electron chi connectivity index (χ0n) is 15.6. The van der Waals surface area contributed by atoms with Crippen molar-refractivity contribution in [3.63, 3.8) is 0 Å². The molecular weight excluding hydrogens is 350 g/mol. The van der Waals surface area contributed by atoms with Gasteiger partial charge in [-0.3, -0.25) is 18.7 Å². The standard InChI is InChI=1S/C19H21N3O5/c1-5-27-18(25)13-10(2)20-16-15(17(24)22(4)19(26)21(16)3)14(13)11-7-6-8-12(23)9-11/h6-9,13-14,23H,5H2,1-4H3. The second-order valence-corrected chi connectivity index (χ2v) is 6.50. The Morgan fingerprint density at radius 3 is 2.59 bits per heavy atom. The van der Waals surface area contributed by atoms with E-state index in [1.165, 1.54) is 30.8 Å². The quantitative estimate of drug-likeness (QED) is 0.817. The maximum absolute atomic E-state index is 13.0. The topological polar surface area (TPSA) is 103 Å². The summed E-state index contributed by atoms with van der Waals surface area (Å²) >= 11 is 0. The largest absolute Gasteiger partial charge is 0.508 e. The average Bonchev–Trinajstić information content (AvgIpc) is 2.63. The molecule has 142 valence electrons. The summed E-state index contributed by atoms with van der Waals surface area (Å²) in [4.78, 5) is 42.3. The number of phenols is 1. The summed E-state index contributed by atoms with van der Waals surface area (Å²) < 4.78 is 7.50. The lowest BCUT2D eigenvalue weighted by Gasteiger charge is -2.31. The van der Waals surface area contributed by atoms with Gasteiger partial charge in [0.2, 0.25) is 0 Å². The van der Waals surface area contributed by atoms with Gasteiger partial charge in [-0.25, -0.2) is 9.79 Å². The molecule has 0 radical (unpaired) electrons. The van der Waals surface area contributed by atoms with Crippen LogP contribution in [0.3, 0.4) is 0 Å². The van der Waals surface area contributed by atoms with Crippen LogP contribution in [0.25, 0.3) is 0 Å². The van der Waals surface area contributed by atoms with Gasteiger partial charge in [0.15, 0.2) is 0 Å². The van der Waals surface area contributed by atoms with Gasteiger partial charge in [0, 0.05) is 25.7 Å². The predicted molar refractivity (Wildman–Crippen MR) is 99.8 cm³/mol. The van der Waals surface area contributed by atoms with Gasteiger partial charge < -0.3 is 9.84 Å². The van der Waals surface area contributed by atoms with Gasteiger partial charge in [-0.05, 0) is 31.5 Å². The summed E-state index contributed by atoms with van der Waals surface area (Å²) in [5.74, 6) is -1.83. The number of hydrogen-bond acceptors (Lipinski definition) is 6. The number of ether oxygens (including phenoxy) is 1. The Morgan fingerprint density at radius 2 is 1.96 bits per heavy atom. The Morgan fingerprint density at radius 1 is 1.26 bits per heavy atom. The summed E-state index contributed by atoms with van der Waals surface area (Å²) in [6.07, 6.45) is 0. The summed E-state index contributed by atoms with van der Waals surface area (Å²) in [6, 6.07) is 6.37. The maximum atomic E-state index is 13.0. The molecule has 0 spiro atoms. The smallest absolute Gasteiger partial charge is 0.332 e. The highest BCUT2D eigenvalue weighted by atomic mass is 16.5. The highest BCUT2D eigenvalue weighted by molar-refractivity contribution is 6.04. The molecule has 2 unspecified atom stereocenters. The number of aromatic hydroxyl groups is 1. The number of aliphatic imine (C=N–C) groups is 1. The fourth-order valence-electron chi connectivity index (χ4n) is 3.53. The van der Waals surface area contributed by atoms with Crippen molar-refractivity contribution in [1.82, 2.24) is 9.13 Å². The molecular formula is C19H21N3O5. The molecule has 1 aliphatic rings. The number of carbonyl (C=O) groups is 1. The van der Waals surface area contributed by atoms with E-state index in [1.54, 1.807) is 26.0 Å². The number of rotatable bonds is 3. The van der Waals surface area contributed by atoms with Gasteiger partial charge in [-0.15, -0.1) is 0 Å². The average molecular weight is 371 g/mol. The maximum Gasteiger partial charge on any atom is 0.332 e. The fourth-order valence-corrected chi connectivity index (χ4v) is 3.53. The lowest BCUT2D eigenvalue weighted by atomic mass is 9.77. The van der Waals surface area contributed by atoms with E-state index in [1.807, 2.05) is 0 Å². The van der Waals surface area contributed by atoms with Crippen molar-refractivity contribution >= 4 is 17.5 Å². The van der Waals surface area contributed by atoms with Crippen molar-refractivity contribution in [2.75, 3.05) is 6.61 Å². The number of nitrogens with zero attached hydrogens (tertiary/aromatic N) is 3. The van der Waals surface area contributed by atoms with Crippen LogP contribution in [0.1, 0.15) is 30.9 Å². The van der Waals surface area contributed by atoms with E-state index in [4.69, 9.17) is 4.74 Å². The van der Waals surface area contributed by atoms with Crippen LogP contribution >= 0.6 is 0 Å². The summed E-state index contributed by atoms with van der Waals surface area (Å²) in [7, 11) is 2.91. The molecule has 3 rings (SSSR count). The third-order valence-corrected chi connectivity index (χ3v) is 4.81. The fraction of sp³-hybridized carbons (Fsp3) is 0.368. The van der Waals surface area contributed by atoms with Gasteiger partial charge in [0.25, 0.3) is 5.56 Å². The van der Waals surface area contributed by atoms with E-state index < -0.39 is 29.1 Å². The molecule has 1 aromatic carbocycles. The molecule has 0 amide bonds. The van der Waals surface area contributed by atoms with Crippen molar-refractivity contribution in [2.45, 2.75) is 19.8 Å². The Bertz CT molecular complexity index is 1060. The van der Waals surface area contributed by atoms with E-state index in [-0.39, 0.29) is 23.7 Å². The minimum Gasteiger partial charge on any atom is -0.508 e. The molecule has 1 N–H and O–H groups in total. The van der Waals surface area contributed by atoms with Crippen LogP contribution in [0.5, 0.6) is 5.75 Å². The zero-order valence-corrected chi connectivity index (χ0v) is 15.6. The first-order chi connectivity index (χ1) is 12.8. The van der Waals surface area contributed by atoms with Crippen molar-refractivity contribution in [2.24, 2.45) is 25.0 Å². The van der Waals surface area contributed by atoms with Crippen LogP contribution in [0.4, 0.5) is 5.82 Å². The highest BCUT2D eigenvalue weighted by Gasteiger charge is 2.41. The van der Waals surface area contributed by atoms with Gasteiger partial charge in [-0.2, -0.15) is 0 Å². The molecule has 27 heavy (non-hydrogen) atoms. The SMILES string of the molecule is CCOC(=O)C1C(C)=Nc2c(c(=O)n(C)c(=O)n2C)C1c1cccc(O)c1. The predicted octanol–water partition coefficient (Wildman–Crippen LogP) is 1.21. The van der Waals surface area contributed by atoms with Crippen LogP contribution in [-0.2, 0) is 23.6 Å². The monoisotopic (exact) mass is 371 g/mol. The lowest BCUT2D eigenvalue weighted by Crippen LogP contribution is -2.44. The minimum atomic E-state index is -0.829. The van der Waals surface area contributed by atoms with Crippen LogP contribution in [-0.4, -0.2) is 32.5 Å². The molecule has 0 saturated carbocycles. The molecule has 2 aromatic rings. The molecule has 2 heterocycles. The number of fused-ring (bicyclic) bond motifs is 1. The molecule has 0 fully saturated rings. The van der Waals surface area contributed by atoms with Crippen molar-refractivity contribution < 1.29 is 14.6 Å². The number of esters is 1. The third kappa shape index (κ3) is 2.97. The summed E-state index contributed by atoms with van der Waals surface area (Å²) in [6.45, 7) is 3.56. The second-order valence-electron chi connectivity index (χ2n) is 6.50. The first-order valence-electron chi connectivity index (χ1n) is 8.58. The number of hydrogen-bond donors (Lipinski definition) is 1. The lowest BCUT2D eigenvalue weighted by molar-refractivity contribution is -0.146. The Hall–Kier alpha value is -3.16. The van der Waals surface area contributed by atoms with Crippen LogP contribution in [0, 0.1) is 5.92 Å². The van der Waals surface area contributed by atoms with Crippen LogP contribution in [0.15, 0.2) is 38.8 Å². The van der Waals surface area contributed by atoms with E-state index in [0.29, 0.717) is 11.3 Å². The Kier molecular flexibility index (Phi) is 4.73. The van der Waals surface area contributed by atoms with E-state index in [9.17, 15) is 19.5 Å². The number of carbonyl (C=O) groups excluding carboxylic acids is 1. The van der Waals surface area contributed by atoms with Gasteiger partial charge >= 0.3 is 11.7 Å². The van der Waals surface area contributed by atoms with Crippen molar-refractivity contribution in [3.8, 4) is 5.75 Å². The Labute approximate surface area is 155 Å². The Balaban J connectivity index is 2.38. The molecule has 0 aliphatic carbocycles. The number of benzene rings is 1. The summed E-state index contributed by atoms with van der Waals surface area (Å²) in [5.41, 5.74) is 0.220. The molecule has 0 bridgehead atoms. The van der Waals surface area contributed by atoms with Crippen LogP contribution < -0.4 is 11.2 Å². The molecule has 1 aliphatic heterocycles. The van der Waals surface area contributed by atoms with E-state index in [2.05, 4.69) is 4.99 Å². The van der Waals surface area contributed by atoms with Crippen molar-refractivity contribution in [3.05, 3.63) is 56.2 Å². The van der Waals surface area contributed by atoms with Gasteiger partial charge in [0.05, 0.1) is 12.2 Å². The molecule has 8 nitrogen and oxygen atoms in total. The first-order valence-corrected chi connectivity index (χ1v) is 8.58. The number of aromatic nitrogens is 2. The second kappa shape index (κ2) is 6.86. The molecule has 2 atom stereocenters. The number of phenolic OH excluding ortho intramolecular Hbond substituents is 1. The van der Waals surface area contributed by atoms with Gasteiger partial charge in [0.1, 0.15) is 17.5 Å².